The van der Waals surface area contributed by atoms with Gasteiger partial charge in [0.05, 0.1) is 0 Å². The number of carbonyl (C=O) groups is 2. The number of nitrogens with one attached hydrogen (secondary N) is 2. The summed E-state index contributed by atoms with van der Waals surface area (Å²) in [6.07, 6.45) is 1.44. The lowest BCUT2D eigenvalue weighted by Crippen LogP contribution is -2.34. The summed E-state index contributed by atoms with van der Waals surface area (Å²) in [4.78, 5) is 22.9. The first-order chi connectivity index (χ1) is 9.43. The Bertz CT molecular complexity index is 582. The highest BCUT2D eigenvalue weighted by Crippen LogP contribution is 2.05. The Morgan fingerprint density at radius 2 is 1.70 bits per heavy atom. The Morgan fingerprint density at radius 3 is 2.30 bits per heavy atom. The third-order valence-corrected chi connectivity index (χ3v) is 3.61. The molecule has 0 atom stereocenters. The molecule has 1 aromatic carbocycles. The summed E-state index contributed by atoms with van der Waals surface area (Å²) in [5.41, 5.74) is 0.504. The first kappa shape index (κ1) is 15.9. The van der Waals surface area contributed by atoms with Crippen molar-refractivity contribution < 1.29 is 18.0 Å². The van der Waals surface area contributed by atoms with E-state index in [9.17, 15) is 18.0 Å². The third kappa shape index (κ3) is 6.14. The maximum atomic E-state index is 11.7. The number of sulfone groups is 1. The second-order valence-corrected chi connectivity index (χ2v) is 6.10. The van der Waals surface area contributed by atoms with Crippen molar-refractivity contribution in [1.82, 2.24) is 5.32 Å². The van der Waals surface area contributed by atoms with Crippen molar-refractivity contribution in [2.45, 2.75) is 0 Å². The molecule has 0 spiro atoms. The summed E-state index contributed by atoms with van der Waals surface area (Å²) < 4.78 is 23.3. The topological polar surface area (TPSA) is 92.3 Å². The van der Waals surface area contributed by atoms with Crippen LogP contribution >= 0.6 is 0 Å². The second-order valence-electron chi connectivity index (χ2n) is 4.04. The molecule has 0 aliphatic rings. The highest BCUT2D eigenvalue weighted by Gasteiger charge is 2.20. The van der Waals surface area contributed by atoms with Crippen LogP contribution in [-0.2, 0) is 19.4 Å². The molecular weight excluding hydrogens is 280 g/mol. The van der Waals surface area contributed by atoms with Crippen molar-refractivity contribution in [3.63, 3.8) is 0 Å². The standard InChI is InChI=1S/C13H16N2O4S/c1-2-8-14-12(16)9-20(18,19)10-13(17)15-11-6-4-3-5-7-11/h2-7H,1,8-10H2,(H,14,16)(H,15,17). The Kier molecular flexibility index (Phi) is 5.92. The molecule has 0 aromatic heterocycles. The van der Waals surface area contributed by atoms with Gasteiger partial charge in [-0.3, -0.25) is 9.59 Å². The van der Waals surface area contributed by atoms with E-state index in [0.29, 0.717) is 5.69 Å². The fourth-order valence-corrected chi connectivity index (χ4v) is 2.48. The lowest BCUT2D eigenvalue weighted by molar-refractivity contribution is -0.118. The van der Waals surface area contributed by atoms with Gasteiger partial charge in [-0.05, 0) is 12.1 Å². The summed E-state index contributed by atoms with van der Waals surface area (Å²) in [7, 11) is -3.79. The maximum Gasteiger partial charge on any atom is 0.239 e. The summed E-state index contributed by atoms with van der Waals surface area (Å²) in [5, 5.41) is 4.79. The number of benzene rings is 1. The van der Waals surface area contributed by atoms with Crippen LogP contribution in [0.4, 0.5) is 5.69 Å². The normalized spacial score (nSPS) is 10.6. The SMILES string of the molecule is C=CCNC(=O)CS(=O)(=O)CC(=O)Nc1ccccc1. The predicted molar refractivity (Wildman–Crippen MR) is 76.9 cm³/mol. The minimum absolute atomic E-state index is 0.185. The molecule has 2 amide bonds. The van der Waals surface area contributed by atoms with Crippen molar-refractivity contribution in [3.8, 4) is 0 Å². The molecule has 1 aromatic rings. The molecule has 20 heavy (non-hydrogen) atoms. The van der Waals surface area contributed by atoms with Crippen molar-refractivity contribution >= 4 is 27.3 Å². The number of carbonyl (C=O) groups excluding carboxylic acids is 2. The number of anilines is 1. The van der Waals surface area contributed by atoms with Gasteiger partial charge in [0.15, 0.2) is 9.84 Å². The maximum absolute atomic E-state index is 11.7. The molecule has 0 aliphatic heterocycles. The molecule has 0 unspecified atom stereocenters. The van der Waals surface area contributed by atoms with Gasteiger partial charge in [0.25, 0.3) is 0 Å². The first-order valence-electron chi connectivity index (χ1n) is 5.86. The number of hydrogen-bond acceptors (Lipinski definition) is 4. The molecule has 1 rings (SSSR count). The predicted octanol–water partition coefficient (Wildman–Crippen LogP) is 0.342. The number of para-hydroxylation sites is 1. The second kappa shape index (κ2) is 7.44. The van der Waals surface area contributed by atoms with Crippen molar-refractivity contribution in [3.05, 3.63) is 43.0 Å². The Morgan fingerprint density at radius 1 is 1.10 bits per heavy atom. The van der Waals surface area contributed by atoms with Gasteiger partial charge in [0, 0.05) is 12.2 Å². The smallest absolute Gasteiger partial charge is 0.239 e. The fourth-order valence-electron chi connectivity index (χ4n) is 1.41. The van der Waals surface area contributed by atoms with Crippen LogP contribution in [0.3, 0.4) is 0 Å². The van der Waals surface area contributed by atoms with Crippen molar-refractivity contribution in [2.75, 3.05) is 23.4 Å². The van der Waals surface area contributed by atoms with Crippen LogP contribution in [0, 0.1) is 0 Å². The molecule has 0 fully saturated rings. The van der Waals surface area contributed by atoms with E-state index >= 15 is 0 Å². The zero-order valence-corrected chi connectivity index (χ0v) is 11.7. The van der Waals surface area contributed by atoms with E-state index in [0.717, 1.165) is 0 Å². The molecule has 7 heteroatoms. The summed E-state index contributed by atoms with van der Waals surface area (Å²) in [5.74, 6) is -2.78. The average molecular weight is 296 g/mol. The van der Waals surface area contributed by atoms with Gasteiger partial charge in [-0.1, -0.05) is 24.3 Å². The molecular formula is C13H16N2O4S. The van der Waals surface area contributed by atoms with Gasteiger partial charge in [-0.25, -0.2) is 8.42 Å². The van der Waals surface area contributed by atoms with Gasteiger partial charge < -0.3 is 10.6 Å². The minimum atomic E-state index is -3.79. The number of hydrogen-bond donors (Lipinski definition) is 2. The molecule has 108 valence electrons. The van der Waals surface area contributed by atoms with Gasteiger partial charge in [0.2, 0.25) is 11.8 Å². The van der Waals surface area contributed by atoms with Crippen molar-refractivity contribution in [1.29, 1.82) is 0 Å². The Hall–Kier alpha value is -2.15. The molecule has 0 radical (unpaired) electrons. The zero-order valence-electron chi connectivity index (χ0n) is 10.8. The summed E-state index contributed by atoms with van der Waals surface area (Å²) in [6.45, 7) is 3.58. The lowest BCUT2D eigenvalue weighted by Gasteiger charge is -2.06. The van der Waals surface area contributed by atoms with Gasteiger partial charge in [-0.2, -0.15) is 0 Å². The average Bonchev–Trinajstić information content (AvgIpc) is 2.36. The van der Waals surface area contributed by atoms with E-state index in [-0.39, 0.29) is 6.54 Å². The zero-order chi connectivity index (χ0) is 15.0. The van der Waals surface area contributed by atoms with Gasteiger partial charge in [-0.15, -0.1) is 6.58 Å². The van der Waals surface area contributed by atoms with Crippen LogP contribution in [0.15, 0.2) is 43.0 Å². The van der Waals surface area contributed by atoms with Crippen LogP contribution in [0.1, 0.15) is 0 Å². The number of rotatable bonds is 7. The molecule has 6 nitrogen and oxygen atoms in total. The summed E-state index contributed by atoms with van der Waals surface area (Å²) >= 11 is 0. The van der Waals surface area contributed by atoms with Gasteiger partial charge in [0.1, 0.15) is 11.5 Å². The minimum Gasteiger partial charge on any atom is -0.352 e. The van der Waals surface area contributed by atoms with Crippen LogP contribution in [0.5, 0.6) is 0 Å². The Labute approximate surface area is 117 Å². The molecule has 0 aliphatic carbocycles. The van der Waals surface area contributed by atoms with Crippen LogP contribution in [0.2, 0.25) is 0 Å². The van der Waals surface area contributed by atoms with Crippen LogP contribution < -0.4 is 10.6 Å². The largest absolute Gasteiger partial charge is 0.352 e. The molecule has 0 saturated carbocycles. The molecule has 0 heterocycles. The molecule has 0 saturated heterocycles. The number of amides is 2. The van der Waals surface area contributed by atoms with E-state index in [1.807, 2.05) is 0 Å². The monoisotopic (exact) mass is 296 g/mol. The summed E-state index contributed by atoms with van der Waals surface area (Å²) in [6, 6.07) is 8.48. The van der Waals surface area contributed by atoms with Gasteiger partial charge >= 0.3 is 0 Å². The van der Waals surface area contributed by atoms with E-state index in [1.54, 1.807) is 30.3 Å². The van der Waals surface area contributed by atoms with Crippen LogP contribution in [-0.4, -0.2) is 38.3 Å². The van der Waals surface area contributed by atoms with E-state index in [4.69, 9.17) is 0 Å². The van der Waals surface area contributed by atoms with Crippen molar-refractivity contribution in [2.24, 2.45) is 0 Å². The highest BCUT2D eigenvalue weighted by molar-refractivity contribution is 7.92. The fraction of sp³-hybridized carbons (Fsp3) is 0.231. The molecule has 0 bridgehead atoms. The quantitative estimate of drug-likeness (QED) is 0.710. The first-order valence-corrected chi connectivity index (χ1v) is 7.68. The third-order valence-electron chi connectivity index (χ3n) is 2.20. The highest BCUT2D eigenvalue weighted by atomic mass is 32.2. The van der Waals surface area contributed by atoms with E-state index < -0.39 is 33.2 Å². The Balaban J connectivity index is 2.51. The van der Waals surface area contributed by atoms with E-state index in [2.05, 4.69) is 17.2 Å². The lowest BCUT2D eigenvalue weighted by atomic mass is 10.3. The van der Waals surface area contributed by atoms with Crippen LogP contribution in [0.25, 0.3) is 0 Å². The van der Waals surface area contributed by atoms with E-state index in [1.165, 1.54) is 6.08 Å². The molecule has 2 N–H and O–H groups in total.